The highest BCUT2D eigenvalue weighted by Crippen LogP contribution is 2.25. The lowest BCUT2D eigenvalue weighted by atomic mass is 10.2. The van der Waals surface area contributed by atoms with Crippen LogP contribution in [0.2, 0.25) is 0 Å². The van der Waals surface area contributed by atoms with Crippen LogP contribution in [0.3, 0.4) is 0 Å². The third-order valence-corrected chi connectivity index (χ3v) is 5.85. The van der Waals surface area contributed by atoms with Crippen LogP contribution in [0.1, 0.15) is 41.7 Å². The van der Waals surface area contributed by atoms with E-state index in [1.54, 1.807) is 0 Å². The van der Waals surface area contributed by atoms with Crippen molar-refractivity contribution in [3.05, 3.63) is 41.7 Å². The average Bonchev–Trinajstić information content (AvgIpc) is 3.23. The molecule has 11 heteroatoms. The smallest absolute Gasteiger partial charge is 0.408 e. The monoisotopic (exact) mass is 431 g/mol. The third kappa shape index (κ3) is 5.49. The minimum atomic E-state index is -4.51. The summed E-state index contributed by atoms with van der Waals surface area (Å²) in [5.74, 6) is -0.520. The summed E-state index contributed by atoms with van der Waals surface area (Å²) in [6, 6.07) is 5.62. The van der Waals surface area contributed by atoms with Crippen molar-refractivity contribution in [3.63, 3.8) is 0 Å². The summed E-state index contributed by atoms with van der Waals surface area (Å²) in [4.78, 5) is 12.1. The lowest BCUT2D eigenvalue weighted by molar-refractivity contribution is -0.142. The second kappa shape index (κ2) is 8.05. The molecule has 0 aliphatic heterocycles. The van der Waals surface area contributed by atoms with Gasteiger partial charge in [-0.2, -0.15) is 18.3 Å². The molecule has 0 saturated heterocycles. The van der Waals surface area contributed by atoms with Crippen molar-refractivity contribution < 1.29 is 31.1 Å². The first kappa shape index (κ1) is 21.2. The van der Waals surface area contributed by atoms with Crippen LogP contribution in [0.25, 0.3) is 0 Å². The number of alkyl halides is 3. The molecule has 1 aliphatic carbocycles. The number of benzene rings is 1. The molecule has 1 saturated carbocycles. The van der Waals surface area contributed by atoms with Crippen LogP contribution in [0, 0.1) is 6.92 Å². The molecular weight excluding hydrogens is 411 g/mol. The first-order valence-electron chi connectivity index (χ1n) is 8.98. The largest absolute Gasteiger partial charge is 0.490 e. The zero-order valence-corrected chi connectivity index (χ0v) is 16.4. The summed E-state index contributed by atoms with van der Waals surface area (Å²) in [5.41, 5.74) is -0.263. The van der Waals surface area contributed by atoms with E-state index in [0.29, 0.717) is 10.4 Å². The van der Waals surface area contributed by atoms with Gasteiger partial charge in [0.2, 0.25) is 0 Å². The molecule has 2 aromatic rings. The van der Waals surface area contributed by atoms with Gasteiger partial charge >= 0.3 is 6.18 Å². The molecule has 1 amide bonds. The Bertz CT molecular complexity index is 979. The number of aromatic nitrogens is 2. The Hall–Kier alpha value is -2.56. The number of amides is 1. The number of carbonyl (C=O) groups is 1. The minimum absolute atomic E-state index is 0.0118. The van der Waals surface area contributed by atoms with Crippen LogP contribution in [0.5, 0.6) is 5.75 Å². The van der Waals surface area contributed by atoms with Gasteiger partial charge in [0.15, 0.2) is 0 Å². The maximum absolute atomic E-state index is 12.5. The molecule has 0 bridgehead atoms. The Morgan fingerprint density at radius 1 is 1.24 bits per heavy atom. The van der Waals surface area contributed by atoms with E-state index in [4.69, 9.17) is 4.74 Å². The number of rotatable bonds is 6. The highest BCUT2D eigenvalue weighted by molar-refractivity contribution is 7.90. The molecule has 0 atom stereocenters. The van der Waals surface area contributed by atoms with Gasteiger partial charge in [-0.05, 0) is 56.9 Å². The zero-order chi connectivity index (χ0) is 21.2. The Morgan fingerprint density at radius 2 is 1.86 bits per heavy atom. The molecule has 3 rings (SSSR count). The van der Waals surface area contributed by atoms with Crippen LogP contribution in [0.4, 0.5) is 13.2 Å². The highest BCUT2D eigenvalue weighted by atomic mass is 32.2. The summed E-state index contributed by atoms with van der Waals surface area (Å²) in [6.07, 6.45) is 0.583. The number of ether oxygens (including phenoxy) is 1. The van der Waals surface area contributed by atoms with Crippen LogP contribution in [0.15, 0.2) is 35.4 Å². The summed E-state index contributed by atoms with van der Waals surface area (Å²) in [7, 11) is -4.21. The zero-order valence-electron chi connectivity index (χ0n) is 15.6. The average molecular weight is 431 g/mol. The van der Waals surface area contributed by atoms with E-state index in [9.17, 15) is 26.4 Å². The molecule has 29 heavy (non-hydrogen) atoms. The summed E-state index contributed by atoms with van der Waals surface area (Å²) >= 11 is 0. The first-order chi connectivity index (χ1) is 13.5. The minimum Gasteiger partial charge on any atom is -0.490 e. The molecule has 1 aromatic heterocycles. The van der Waals surface area contributed by atoms with Crippen LogP contribution in [-0.4, -0.2) is 36.4 Å². The highest BCUT2D eigenvalue weighted by Gasteiger charge is 2.30. The van der Waals surface area contributed by atoms with Crippen LogP contribution >= 0.6 is 0 Å². The molecule has 1 heterocycles. The maximum Gasteiger partial charge on any atom is 0.408 e. The van der Waals surface area contributed by atoms with Crippen molar-refractivity contribution in [1.29, 1.82) is 0 Å². The van der Waals surface area contributed by atoms with Gasteiger partial charge in [0.05, 0.1) is 22.3 Å². The number of carbonyl (C=O) groups excluding carboxylic acids is 1. The normalized spacial score (nSPS) is 15.4. The lowest BCUT2D eigenvalue weighted by Crippen LogP contribution is -2.30. The molecule has 1 aliphatic rings. The second-order valence-electron chi connectivity index (χ2n) is 6.87. The van der Waals surface area contributed by atoms with E-state index in [0.717, 1.165) is 31.9 Å². The van der Waals surface area contributed by atoms with Gasteiger partial charge in [-0.1, -0.05) is 0 Å². The van der Waals surface area contributed by atoms with Crippen LogP contribution in [-0.2, 0) is 16.6 Å². The molecule has 7 nitrogen and oxygen atoms in total. The molecule has 0 radical (unpaired) electrons. The van der Waals surface area contributed by atoms with E-state index in [1.807, 2.05) is 4.72 Å². The van der Waals surface area contributed by atoms with Crippen molar-refractivity contribution in [2.24, 2.45) is 0 Å². The quantitative estimate of drug-likeness (QED) is 0.759. The summed E-state index contributed by atoms with van der Waals surface area (Å²) < 4.78 is 70.5. The van der Waals surface area contributed by atoms with Crippen molar-refractivity contribution >= 4 is 15.9 Å². The lowest BCUT2D eigenvalue weighted by Gasteiger charge is -2.13. The number of aryl methyl sites for hydroxylation is 1. The van der Waals surface area contributed by atoms with Gasteiger partial charge in [-0.15, -0.1) is 0 Å². The number of sulfonamides is 1. The van der Waals surface area contributed by atoms with Crippen molar-refractivity contribution in [2.45, 2.75) is 56.3 Å². The van der Waals surface area contributed by atoms with Gasteiger partial charge in [0, 0.05) is 6.20 Å². The maximum atomic E-state index is 12.5. The number of nitrogens with zero attached hydrogens (tertiary/aromatic N) is 2. The molecule has 1 fully saturated rings. The predicted octanol–water partition coefficient (Wildman–Crippen LogP) is 3.19. The number of hydrogen-bond donors (Lipinski definition) is 1. The van der Waals surface area contributed by atoms with Gasteiger partial charge < -0.3 is 4.74 Å². The van der Waals surface area contributed by atoms with Gasteiger partial charge in [-0.25, -0.2) is 13.1 Å². The van der Waals surface area contributed by atoms with Gasteiger partial charge in [-0.3, -0.25) is 9.48 Å². The fraction of sp³-hybridized carbons (Fsp3) is 0.444. The Balaban J connectivity index is 1.69. The first-order valence-corrected chi connectivity index (χ1v) is 10.5. The fourth-order valence-corrected chi connectivity index (χ4v) is 4.10. The van der Waals surface area contributed by atoms with Crippen LogP contribution < -0.4 is 9.46 Å². The molecule has 1 aromatic carbocycles. The molecule has 0 spiro atoms. The molecular formula is C18H20F3N3O4S. The van der Waals surface area contributed by atoms with E-state index in [2.05, 4.69) is 5.10 Å². The van der Waals surface area contributed by atoms with E-state index < -0.39 is 28.7 Å². The third-order valence-electron chi connectivity index (χ3n) is 4.50. The SMILES string of the molecule is Cc1nn(CC(F)(F)F)cc1C(=O)NS(=O)(=O)c1ccc(OC2CCCC2)cc1. The molecule has 1 N–H and O–H groups in total. The van der Waals surface area contributed by atoms with Crippen molar-refractivity contribution in [2.75, 3.05) is 0 Å². The standard InChI is InChI=1S/C18H20F3N3O4S/c1-12-16(10-24(22-12)11-18(19,20)21)17(25)23-29(26,27)15-8-6-14(7-9-15)28-13-4-2-3-5-13/h6-10,13H,2-5,11H2,1H3,(H,23,25). The predicted molar refractivity (Wildman–Crippen MR) is 97.0 cm³/mol. The molecule has 158 valence electrons. The van der Waals surface area contributed by atoms with E-state index in [1.165, 1.54) is 31.2 Å². The molecule has 0 unspecified atom stereocenters. The van der Waals surface area contributed by atoms with Crippen molar-refractivity contribution in [1.82, 2.24) is 14.5 Å². The summed E-state index contributed by atoms with van der Waals surface area (Å²) in [5, 5.41) is 3.60. The van der Waals surface area contributed by atoms with E-state index in [-0.39, 0.29) is 22.3 Å². The van der Waals surface area contributed by atoms with Gasteiger partial charge in [0.1, 0.15) is 12.3 Å². The summed E-state index contributed by atoms with van der Waals surface area (Å²) in [6.45, 7) is -0.0557. The fourth-order valence-electron chi connectivity index (χ4n) is 3.14. The second-order valence-corrected chi connectivity index (χ2v) is 8.55. The number of hydrogen-bond acceptors (Lipinski definition) is 5. The topological polar surface area (TPSA) is 90.3 Å². The number of halogens is 3. The Kier molecular flexibility index (Phi) is 5.87. The van der Waals surface area contributed by atoms with Crippen molar-refractivity contribution in [3.8, 4) is 5.75 Å². The van der Waals surface area contributed by atoms with Gasteiger partial charge in [0.25, 0.3) is 15.9 Å². The van der Waals surface area contributed by atoms with E-state index >= 15 is 0 Å². The Labute approximate surface area is 165 Å². The number of nitrogens with one attached hydrogen (secondary N) is 1. The Morgan fingerprint density at radius 3 is 2.45 bits per heavy atom.